The predicted molar refractivity (Wildman–Crippen MR) is 75.5 cm³/mol. The average Bonchev–Trinajstić information content (AvgIpc) is 2.44. The zero-order chi connectivity index (χ0) is 15.2. The number of ether oxygens (including phenoxy) is 2. The number of methoxy groups -OCH3 is 1. The zero-order valence-corrected chi connectivity index (χ0v) is 12.8. The number of carbonyl (C=O) groups is 1. The highest BCUT2D eigenvalue weighted by Gasteiger charge is 2.34. The van der Waals surface area contributed by atoms with Crippen LogP contribution in [0.1, 0.15) is 26.7 Å². The van der Waals surface area contributed by atoms with Crippen molar-refractivity contribution in [3.05, 3.63) is 24.3 Å². The lowest BCUT2D eigenvalue weighted by Crippen LogP contribution is -2.32. The summed E-state index contributed by atoms with van der Waals surface area (Å²) in [7, 11) is -2.24. The molecule has 0 saturated heterocycles. The number of esters is 1. The molecule has 0 bridgehead atoms. The Morgan fingerprint density at radius 3 is 2.25 bits per heavy atom. The molecule has 5 nitrogen and oxygen atoms in total. The highest BCUT2D eigenvalue weighted by atomic mass is 32.2. The van der Waals surface area contributed by atoms with Gasteiger partial charge in [-0.15, -0.1) is 0 Å². The first-order valence-corrected chi connectivity index (χ1v) is 8.06. The Morgan fingerprint density at radius 1 is 1.20 bits per heavy atom. The van der Waals surface area contributed by atoms with Crippen molar-refractivity contribution in [1.29, 1.82) is 0 Å². The molecule has 0 aliphatic rings. The maximum atomic E-state index is 12.5. The third kappa shape index (κ3) is 3.72. The Morgan fingerprint density at radius 2 is 1.80 bits per heavy atom. The monoisotopic (exact) mass is 300 g/mol. The molecule has 1 unspecified atom stereocenters. The van der Waals surface area contributed by atoms with Gasteiger partial charge in [-0.2, -0.15) is 0 Å². The third-order valence-electron chi connectivity index (χ3n) is 2.86. The second-order valence-corrected chi connectivity index (χ2v) is 6.38. The minimum Gasteiger partial charge on any atom is -0.497 e. The molecule has 0 fully saturated rings. The van der Waals surface area contributed by atoms with Crippen LogP contribution >= 0.6 is 0 Å². The quantitative estimate of drug-likeness (QED) is 0.722. The Labute approximate surface area is 119 Å². The van der Waals surface area contributed by atoms with Crippen LogP contribution in [0.5, 0.6) is 5.75 Å². The van der Waals surface area contributed by atoms with Crippen molar-refractivity contribution < 1.29 is 22.7 Å². The first-order valence-electron chi connectivity index (χ1n) is 6.51. The van der Waals surface area contributed by atoms with Crippen LogP contribution in [0.15, 0.2) is 29.2 Å². The van der Waals surface area contributed by atoms with Crippen molar-refractivity contribution in [2.45, 2.75) is 36.8 Å². The molecule has 0 N–H and O–H groups in total. The highest BCUT2D eigenvalue weighted by molar-refractivity contribution is 7.92. The van der Waals surface area contributed by atoms with Crippen LogP contribution < -0.4 is 4.74 Å². The van der Waals surface area contributed by atoms with Gasteiger partial charge in [0.2, 0.25) is 0 Å². The summed E-state index contributed by atoms with van der Waals surface area (Å²) in [6.07, 6.45) is 0.825. The first-order chi connectivity index (χ1) is 9.47. The van der Waals surface area contributed by atoms with Crippen molar-refractivity contribution in [2.24, 2.45) is 0 Å². The summed E-state index contributed by atoms with van der Waals surface area (Å²) >= 11 is 0. The van der Waals surface area contributed by atoms with Gasteiger partial charge in [0.25, 0.3) is 0 Å². The van der Waals surface area contributed by atoms with Gasteiger partial charge in [-0.25, -0.2) is 8.42 Å². The molecule has 112 valence electrons. The topological polar surface area (TPSA) is 69.7 Å². The number of hydrogen-bond acceptors (Lipinski definition) is 5. The van der Waals surface area contributed by atoms with E-state index in [1.54, 1.807) is 19.1 Å². The molecular weight excluding hydrogens is 280 g/mol. The van der Waals surface area contributed by atoms with Gasteiger partial charge in [0.05, 0.1) is 18.6 Å². The lowest BCUT2D eigenvalue weighted by atomic mass is 10.2. The van der Waals surface area contributed by atoms with Crippen molar-refractivity contribution in [1.82, 2.24) is 0 Å². The molecule has 1 aromatic carbocycles. The molecule has 20 heavy (non-hydrogen) atoms. The minimum atomic E-state index is -3.74. The van der Waals surface area contributed by atoms with E-state index < -0.39 is 21.1 Å². The molecule has 6 heteroatoms. The Bertz CT molecular complexity index is 533. The Balaban J connectivity index is 3.11. The highest BCUT2D eigenvalue weighted by Crippen LogP contribution is 2.23. The normalized spacial score (nSPS) is 12.8. The van der Waals surface area contributed by atoms with Crippen LogP contribution in [0.4, 0.5) is 0 Å². The van der Waals surface area contributed by atoms with Crippen molar-refractivity contribution >= 4 is 15.8 Å². The van der Waals surface area contributed by atoms with Crippen molar-refractivity contribution in [3.63, 3.8) is 0 Å². The average molecular weight is 300 g/mol. The lowest BCUT2D eigenvalue weighted by molar-refractivity contribution is -0.142. The summed E-state index contributed by atoms with van der Waals surface area (Å²) in [5, 5.41) is -1.15. The maximum Gasteiger partial charge on any atom is 0.324 e. The molecule has 1 atom stereocenters. The van der Waals surface area contributed by atoms with E-state index in [4.69, 9.17) is 9.47 Å². The fraction of sp³-hybridized carbons (Fsp3) is 0.500. The van der Waals surface area contributed by atoms with Gasteiger partial charge in [-0.1, -0.05) is 13.3 Å². The Hall–Kier alpha value is -1.56. The van der Waals surface area contributed by atoms with E-state index in [2.05, 4.69) is 0 Å². The van der Waals surface area contributed by atoms with E-state index in [1.165, 1.54) is 19.2 Å². The standard InChI is InChI=1S/C14H20O5S/c1-4-6-13(14(15)19-5-2)20(16,17)12-9-7-11(18-3)8-10-12/h7-10,13H,4-6H2,1-3H3. The van der Waals surface area contributed by atoms with Crippen LogP contribution in [0, 0.1) is 0 Å². The van der Waals surface area contributed by atoms with E-state index in [0.29, 0.717) is 12.2 Å². The molecular formula is C14H20O5S. The molecule has 0 amide bonds. The lowest BCUT2D eigenvalue weighted by Gasteiger charge is -2.15. The van der Waals surface area contributed by atoms with E-state index >= 15 is 0 Å². The van der Waals surface area contributed by atoms with Gasteiger partial charge in [-0.3, -0.25) is 4.79 Å². The molecule has 1 aromatic rings. The second-order valence-electron chi connectivity index (χ2n) is 4.25. The van der Waals surface area contributed by atoms with Crippen LogP contribution in [0.3, 0.4) is 0 Å². The summed E-state index contributed by atoms with van der Waals surface area (Å²) in [4.78, 5) is 12.0. The number of carbonyl (C=O) groups excluding carboxylic acids is 1. The molecule has 0 aliphatic heterocycles. The fourth-order valence-corrected chi connectivity index (χ4v) is 3.54. The summed E-state index contributed by atoms with van der Waals surface area (Å²) < 4.78 is 34.8. The van der Waals surface area contributed by atoms with Crippen molar-refractivity contribution in [2.75, 3.05) is 13.7 Å². The predicted octanol–water partition coefficient (Wildman–Crippen LogP) is 2.20. The van der Waals surface area contributed by atoms with Gasteiger partial charge >= 0.3 is 5.97 Å². The largest absolute Gasteiger partial charge is 0.497 e. The maximum absolute atomic E-state index is 12.5. The second kappa shape index (κ2) is 7.28. The van der Waals surface area contributed by atoms with Gasteiger partial charge in [0, 0.05) is 0 Å². The smallest absolute Gasteiger partial charge is 0.324 e. The van der Waals surface area contributed by atoms with Crippen LogP contribution in [-0.2, 0) is 19.4 Å². The molecule has 1 rings (SSSR count). The molecule has 0 aromatic heterocycles. The summed E-state index contributed by atoms with van der Waals surface area (Å²) in [6.45, 7) is 3.65. The number of benzene rings is 1. The van der Waals surface area contributed by atoms with Gasteiger partial charge in [0.1, 0.15) is 5.75 Å². The van der Waals surface area contributed by atoms with Crippen LogP contribution in [0.25, 0.3) is 0 Å². The van der Waals surface area contributed by atoms with Crippen molar-refractivity contribution in [3.8, 4) is 5.75 Å². The van der Waals surface area contributed by atoms with E-state index in [9.17, 15) is 13.2 Å². The van der Waals surface area contributed by atoms with E-state index in [1.807, 2.05) is 6.92 Å². The zero-order valence-electron chi connectivity index (χ0n) is 12.0. The SMILES string of the molecule is CCCC(C(=O)OCC)S(=O)(=O)c1ccc(OC)cc1. The molecule has 0 aliphatic carbocycles. The summed E-state index contributed by atoms with van der Waals surface area (Å²) in [6, 6.07) is 5.99. The van der Waals surface area contributed by atoms with Gasteiger partial charge in [0.15, 0.2) is 15.1 Å². The van der Waals surface area contributed by atoms with Crippen LogP contribution in [-0.4, -0.2) is 33.4 Å². The first kappa shape index (κ1) is 16.5. The third-order valence-corrected chi connectivity index (χ3v) is 4.97. The van der Waals surface area contributed by atoms with Crippen LogP contribution in [0.2, 0.25) is 0 Å². The van der Waals surface area contributed by atoms with Gasteiger partial charge in [-0.05, 0) is 37.6 Å². The summed E-state index contributed by atoms with van der Waals surface area (Å²) in [5.41, 5.74) is 0. The molecule has 0 heterocycles. The number of hydrogen-bond donors (Lipinski definition) is 0. The molecule has 0 radical (unpaired) electrons. The fourth-order valence-electron chi connectivity index (χ4n) is 1.83. The Kier molecular flexibility index (Phi) is 6.01. The minimum absolute atomic E-state index is 0.102. The van der Waals surface area contributed by atoms with E-state index in [0.717, 1.165) is 0 Å². The molecule has 0 saturated carbocycles. The number of sulfone groups is 1. The molecule has 0 spiro atoms. The number of rotatable bonds is 7. The summed E-state index contributed by atoms with van der Waals surface area (Å²) in [5.74, 6) is -0.128. The van der Waals surface area contributed by atoms with Gasteiger partial charge < -0.3 is 9.47 Å². The van der Waals surface area contributed by atoms with E-state index in [-0.39, 0.29) is 17.9 Å².